The van der Waals surface area contributed by atoms with Gasteiger partial charge >= 0.3 is 0 Å². The van der Waals surface area contributed by atoms with Crippen molar-refractivity contribution < 1.29 is 9.13 Å². The van der Waals surface area contributed by atoms with E-state index in [0.717, 1.165) is 16.5 Å². The third kappa shape index (κ3) is 3.16. The van der Waals surface area contributed by atoms with Crippen molar-refractivity contribution in [3.05, 3.63) is 47.0 Å². The molecule has 1 fully saturated rings. The average Bonchev–Trinajstić information content (AvgIpc) is 3.05. The largest absolute Gasteiger partial charge is 0.382 e. The summed E-state index contributed by atoms with van der Waals surface area (Å²) in [6, 6.07) is 11.7. The second-order valence-electron chi connectivity index (χ2n) is 6.40. The first kappa shape index (κ1) is 17.3. The lowest BCUT2D eigenvalue weighted by atomic mass is 9.98. The number of halogens is 2. The van der Waals surface area contributed by atoms with Crippen LogP contribution in [-0.4, -0.2) is 47.7 Å². The highest BCUT2D eigenvalue weighted by Crippen LogP contribution is 2.38. The topological polar surface area (TPSA) is 67.2 Å². The number of fused-ring (bicyclic) bond motifs is 1. The molecule has 1 aliphatic rings. The molecule has 1 saturated heterocycles. The molecule has 3 aromatic rings. The van der Waals surface area contributed by atoms with Crippen LogP contribution in [0.2, 0.25) is 5.02 Å². The summed E-state index contributed by atoms with van der Waals surface area (Å²) in [5, 5.41) is 8.30. The van der Waals surface area contributed by atoms with Gasteiger partial charge in [0.05, 0.1) is 23.8 Å². The SMILES string of the molecule is Nc1n[nH]c2c(CC(F)N3CCOCC3)c(Cl)c(-c3ccccc3)cc12. The number of benzene rings is 2. The minimum Gasteiger partial charge on any atom is -0.382 e. The van der Waals surface area contributed by atoms with E-state index >= 15 is 0 Å². The van der Waals surface area contributed by atoms with E-state index in [-0.39, 0.29) is 6.42 Å². The van der Waals surface area contributed by atoms with Gasteiger partial charge in [-0.1, -0.05) is 41.9 Å². The number of aromatic nitrogens is 2. The van der Waals surface area contributed by atoms with E-state index in [1.807, 2.05) is 36.4 Å². The van der Waals surface area contributed by atoms with Crippen LogP contribution in [0.4, 0.5) is 10.2 Å². The number of anilines is 1. The number of nitrogens with one attached hydrogen (secondary N) is 1. The van der Waals surface area contributed by atoms with Crippen LogP contribution in [0, 0.1) is 0 Å². The van der Waals surface area contributed by atoms with Gasteiger partial charge in [-0.15, -0.1) is 0 Å². The highest BCUT2D eigenvalue weighted by atomic mass is 35.5. The maximum Gasteiger partial charge on any atom is 0.158 e. The predicted molar refractivity (Wildman–Crippen MR) is 102 cm³/mol. The van der Waals surface area contributed by atoms with Gasteiger partial charge < -0.3 is 10.5 Å². The third-order valence-corrected chi connectivity index (χ3v) is 5.26. The van der Waals surface area contributed by atoms with Crippen molar-refractivity contribution in [1.82, 2.24) is 15.1 Å². The van der Waals surface area contributed by atoms with Gasteiger partial charge in [-0.05, 0) is 11.6 Å². The van der Waals surface area contributed by atoms with Crippen LogP contribution < -0.4 is 5.73 Å². The lowest BCUT2D eigenvalue weighted by Gasteiger charge is -2.30. The normalized spacial score (nSPS) is 16.8. The maximum atomic E-state index is 15.0. The molecular formula is C19H20ClFN4O. The van der Waals surface area contributed by atoms with Gasteiger partial charge in [0.15, 0.2) is 12.1 Å². The van der Waals surface area contributed by atoms with Crippen molar-refractivity contribution in [2.24, 2.45) is 0 Å². The molecule has 7 heteroatoms. The molecule has 1 unspecified atom stereocenters. The summed E-state index contributed by atoms with van der Waals surface area (Å²) >= 11 is 6.72. The van der Waals surface area contributed by atoms with Gasteiger partial charge in [0.25, 0.3) is 0 Å². The molecule has 0 radical (unpaired) electrons. The minimum absolute atomic E-state index is 0.164. The van der Waals surface area contributed by atoms with E-state index in [4.69, 9.17) is 22.1 Å². The standard InChI is InChI=1S/C19H20ClFN4O/c20-17-13(12-4-2-1-3-5-12)10-15-18(23-24-19(15)22)14(17)11-16(21)25-6-8-26-9-7-25/h1-5,10,16H,6-9,11H2,(H3,22,23,24). The highest BCUT2D eigenvalue weighted by molar-refractivity contribution is 6.35. The number of nitrogens with zero attached hydrogens (tertiary/aromatic N) is 2. The second-order valence-corrected chi connectivity index (χ2v) is 6.78. The Kier molecular flexibility index (Phi) is 4.80. The average molecular weight is 375 g/mol. The van der Waals surface area contributed by atoms with Crippen LogP contribution in [0.25, 0.3) is 22.0 Å². The molecule has 3 N–H and O–H groups in total. The number of nitrogen functional groups attached to an aromatic ring is 1. The van der Waals surface area contributed by atoms with Crippen molar-refractivity contribution in [3.8, 4) is 11.1 Å². The fraction of sp³-hybridized carbons (Fsp3) is 0.316. The van der Waals surface area contributed by atoms with E-state index in [9.17, 15) is 4.39 Å². The Morgan fingerprint density at radius 3 is 2.73 bits per heavy atom. The van der Waals surface area contributed by atoms with Crippen molar-refractivity contribution in [3.63, 3.8) is 0 Å². The zero-order valence-corrected chi connectivity index (χ0v) is 15.0. The first-order valence-electron chi connectivity index (χ1n) is 8.61. The third-order valence-electron chi connectivity index (χ3n) is 4.82. The molecule has 0 amide bonds. The lowest BCUT2D eigenvalue weighted by Crippen LogP contribution is -2.42. The molecule has 136 valence electrons. The summed E-state index contributed by atoms with van der Waals surface area (Å²) < 4.78 is 20.3. The Bertz CT molecular complexity index is 909. The van der Waals surface area contributed by atoms with Crippen LogP contribution >= 0.6 is 11.6 Å². The van der Waals surface area contributed by atoms with Gasteiger partial charge in [0.2, 0.25) is 0 Å². The second kappa shape index (κ2) is 7.23. The molecule has 1 aromatic heterocycles. The van der Waals surface area contributed by atoms with E-state index in [1.54, 1.807) is 4.90 Å². The summed E-state index contributed by atoms with van der Waals surface area (Å²) in [6.45, 7) is 2.24. The van der Waals surface area contributed by atoms with Gasteiger partial charge in [0.1, 0.15) is 0 Å². The van der Waals surface area contributed by atoms with Crippen molar-refractivity contribution in [2.45, 2.75) is 12.7 Å². The van der Waals surface area contributed by atoms with Gasteiger partial charge in [-0.3, -0.25) is 10.00 Å². The summed E-state index contributed by atoms with van der Waals surface area (Å²) in [6.07, 6.45) is -0.979. The van der Waals surface area contributed by atoms with Crippen LogP contribution in [0.1, 0.15) is 5.56 Å². The first-order valence-corrected chi connectivity index (χ1v) is 8.99. The first-order chi connectivity index (χ1) is 12.6. The van der Waals surface area contributed by atoms with E-state index in [2.05, 4.69) is 10.2 Å². The molecule has 26 heavy (non-hydrogen) atoms. The Hall–Kier alpha value is -2.15. The maximum absolute atomic E-state index is 15.0. The number of aromatic amines is 1. The van der Waals surface area contributed by atoms with Crippen molar-refractivity contribution >= 4 is 28.3 Å². The Balaban J connectivity index is 1.78. The van der Waals surface area contributed by atoms with Crippen LogP contribution in [0.5, 0.6) is 0 Å². The van der Waals surface area contributed by atoms with Gasteiger partial charge in [-0.25, -0.2) is 4.39 Å². The van der Waals surface area contributed by atoms with E-state index < -0.39 is 6.30 Å². The molecule has 0 aliphatic carbocycles. The molecule has 4 rings (SSSR count). The molecular weight excluding hydrogens is 355 g/mol. The molecule has 0 bridgehead atoms. The summed E-state index contributed by atoms with van der Waals surface area (Å²) in [5.74, 6) is 0.386. The molecule has 0 saturated carbocycles. The lowest BCUT2D eigenvalue weighted by molar-refractivity contribution is -0.0199. The number of alkyl halides is 1. The van der Waals surface area contributed by atoms with Crippen LogP contribution in [-0.2, 0) is 11.2 Å². The van der Waals surface area contributed by atoms with Crippen LogP contribution in [0.15, 0.2) is 36.4 Å². The number of nitrogens with two attached hydrogens (primary N) is 1. The number of rotatable bonds is 4. The zero-order valence-electron chi connectivity index (χ0n) is 14.2. The summed E-state index contributed by atoms with van der Waals surface area (Å²) in [4.78, 5) is 1.78. The monoisotopic (exact) mass is 374 g/mol. The number of hydrogen-bond donors (Lipinski definition) is 2. The Morgan fingerprint density at radius 2 is 2.00 bits per heavy atom. The molecule has 1 aliphatic heterocycles. The smallest absolute Gasteiger partial charge is 0.158 e. The van der Waals surface area contributed by atoms with Crippen molar-refractivity contribution in [1.29, 1.82) is 0 Å². The molecule has 0 spiro atoms. The highest BCUT2D eigenvalue weighted by Gasteiger charge is 2.25. The van der Waals surface area contributed by atoms with Gasteiger partial charge in [-0.2, -0.15) is 5.10 Å². The fourth-order valence-electron chi connectivity index (χ4n) is 3.40. The Labute approximate surface area is 155 Å². The van der Waals surface area contributed by atoms with E-state index in [1.165, 1.54) is 0 Å². The molecule has 2 aromatic carbocycles. The predicted octanol–water partition coefficient (Wildman–Crippen LogP) is 3.64. The molecule has 5 nitrogen and oxygen atoms in total. The minimum atomic E-state index is -1.14. The Morgan fingerprint density at radius 1 is 1.27 bits per heavy atom. The molecule has 1 atom stereocenters. The summed E-state index contributed by atoms with van der Waals surface area (Å²) in [7, 11) is 0. The number of morpholine rings is 1. The number of ether oxygens (including phenoxy) is 1. The summed E-state index contributed by atoms with van der Waals surface area (Å²) in [5.41, 5.74) is 9.20. The fourth-order valence-corrected chi connectivity index (χ4v) is 3.73. The van der Waals surface area contributed by atoms with Gasteiger partial charge in [0, 0.05) is 36.0 Å². The molecule has 2 heterocycles. The zero-order chi connectivity index (χ0) is 18.1. The number of hydrogen-bond acceptors (Lipinski definition) is 4. The van der Waals surface area contributed by atoms with Crippen LogP contribution in [0.3, 0.4) is 0 Å². The number of H-pyrrole nitrogens is 1. The van der Waals surface area contributed by atoms with Crippen molar-refractivity contribution in [2.75, 3.05) is 32.0 Å². The quantitative estimate of drug-likeness (QED) is 0.684. The van der Waals surface area contributed by atoms with E-state index in [0.29, 0.717) is 48.2 Å².